The van der Waals surface area contributed by atoms with E-state index in [1.54, 1.807) is 24.4 Å². The van der Waals surface area contributed by atoms with Crippen molar-refractivity contribution in [2.24, 2.45) is 5.92 Å². The molecule has 1 N–H and O–H groups in total. The van der Waals surface area contributed by atoms with Gasteiger partial charge in [0.2, 0.25) is 5.91 Å². The van der Waals surface area contributed by atoms with Crippen LogP contribution in [0.4, 0.5) is 0 Å². The first-order valence-electron chi connectivity index (χ1n) is 9.49. The minimum atomic E-state index is -0.151. The van der Waals surface area contributed by atoms with Crippen molar-refractivity contribution in [3.05, 3.63) is 53.9 Å². The molecule has 2 amide bonds. The van der Waals surface area contributed by atoms with Gasteiger partial charge in [-0.25, -0.2) is 0 Å². The first-order valence-corrected chi connectivity index (χ1v) is 9.49. The molecule has 5 heterocycles. The van der Waals surface area contributed by atoms with Crippen molar-refractivity contribution in [3.63, 3.8) is 0 Å². The molecule has 3 fully saturated rings. The average Bonchev–Trinajstić information content (AvgIpc) is 3.03. The van der Waals surface area contributed by atoms with E-state index in [9.17, 15) is 9.59 Å². The molecule has 3 aliphatic rings. The largest absolute Gasteiger partial charge is 0.336 e. The Morgan fingerprint density at radius 3 is 2.86 bits per heavy atom. The fraction of sp³-hybridized carbons (Fsp3) is 0.350. The highest BCUT2D eigenvalue weighted by Crippen LogP contribution is 2.31. The van der Waals surface area contributed by atoms with E-state index in [-0.39, 0.29) is 23.8 Å². The van der Waals surface area contributed by atoms with Crippen LogP contribution in [-0.2, 0) is 11.3 Å². The van der Waals surface area contributed by atoms with Crippen LogP contribution in [0.2, 0.25) is 0 Å². The molecule has 2 aromatic heterocycles. The summed E-state index contributed by atoms with van der Waals surface area (Å²) in [6.07, 6.45) is 3.48. The molecule has 2 unspecified atom stereocenters. The number of nitrogens with zero attached hydrogens (tertiary/aromatic N) is 5. The summed E-state index contributed by atoms with van der Waals surface area (Å²) in [4.78, 5) is 34.2. The zero-order valence-corrected chi connectivity index (χ0v) is 15.3. The third-order valence-corrected chi connectivity index (χ3v) is 5.70. The first kappa shape index (κ1) is 16.9. The second-order valence-corrected chi connectivity index (χ2v) is 7.45. The number of benzene rings is 1. The molecule has 1 aromatic carbocycles. The van der Waals surface area contributed by atoms with Gasteiger partial charge in [0.25, 0.3) is 5.91 Å². The minimum absolute atomic E-state index is 0.0213. The molecule has 3 aromatic rings. The number of carbonyl (C=O) groups is 2. The summed E-state index contributed by atoms with van der Waals surface area (Å²) in [7, 11) is 0. The van der Waals surface area contributed by atoms with Gasteiger partial charge < -0.3 is 9.80 Å². The molecule has 142 valence electrons. The second-order valence-electron chi connectivity index (χ2n) is 7.45. The summed E-state index contributed by atoms with van der Waals surface area (Å²) < 4.78 is 0. The SMILES string of the molecule is O=C(c1ccc2n[nH]nc2c1)N1CC2CCC(C1)N(Cc1ccccn1)C2=O. The maximum Gasteiger partial charge on any atom is 0.254 e. The fourth-order valence-electron chi connectivity index (χ4n) is 4.24. The maximum absolute atomic E-state index is 13.1. The predicted molar refractivity (Wildman–Crippen MR) is 101 cm³/mol. The summed E-state index contributed by atoms with van der Waals surface area (Å²) in [5.74, 6) is -0.0827. The summed E-state index contributed by atoms with van der Waals surface area (Å²) in [6, 6.07) is 11.1. The van der Waals surface area contributed by atoms with E-state index in [2.05, 4.69) is 20.4 Å². The van der Waals surface area contributed by atoms with Crippen molar-refractivity contribution in [1.29, 1.82) is 0 Å². The number of H-pyrrole nitrogens is 1. The number of amides is 2. The molecule has 2 atom stereocenters. The Bertz CT molecular complexity index is 1030. The number of hydrogen-bond donors (Lipinski definition) is 1. The average molecular weight is 376 g/mol. The molecule has 8 heteroatoms. The predicted octanol–water partition coefficient (Wildman–Crippen LogP) is 1.62. The number of hydrogen-bond acceptors (Lipinski definition) is 5. The lowest BCUT2D eigenvalue weighted by molar-refractivity contribution is -0.140. The molecule has 2 bridgehead atoms. The highest BCUT2D eigenvalue weighted by atomic mass is 16.2. The number of pyridine rings is 1. The molecule has 0 saturated carbocycles. The first-order chi connectivity index (χ1) is 13.7. The number of piperidine rings is 1. The van der Waals surface area contributed by atoms with E-state index in [1.165, 1.54) is 0 Å². The van der Waals surface area contributed by atoms with E-state index in [1.807, 2.05) is 28.0 Å². The molecule has 6 rings (SSSR count). The van der Waals surface area contributed by atoms with Crippen molar-refractivity contribution in [3.8, 4) is 0 Å². The van der Waals surface area contributed by atoms with Gasteiger partial charge in [0, 0.05) is 30.9 Å². The Balaban J connectivity index is 1.39. The smallest absolute Gasteiger partial charge is 0.254 e. The lowest BCUT2D eigenvalue weighted by Crippen LogP contribution is -2.47. The van der Waals surface area contributed by atoms with Gasteiger partial charge in [-0.1, -0.05) is 6.07 Å². The number of carbonyl (C=O) groups excluding carboxylic acids is 2. The molecular formula is C20H20N6O2. The monoisotopic (exact) mass is 376 g/mol. The van der Waals surface area contributed by atoms with Gasteiger partial charge >= 0.3 is 0 Å². The van der Waals surface area contributed by atoms with Crippen LogP contribution in [0.5, 0.6) is 0 Å². The van der Waals surface area contributed by atoms with Crippen LogP contribution < -0.4 is 0 Å². The zero-order valence-electron chi connectivity index (χ0n) is 15.3. The van der Waals surface area contributed by atoms with Crippen molar-refractivity contribution >= 4 is 22.8 Å². The molecule has 28 heavy (non-hydrogen) atoms. The summed E-state index contributed by atoms with van der Waals surface area (Å²) in [5.41, 5.74) is 2.84. The highest BCUT2D eigenvalue weighted by molar-refractivity contribution is 5.97. The van der Waals surface area contributed by atoms with Gasteiger partial charge in [-0.05, 0) is 43.2 Å². The lowest BCUT2D eigenvalue weighted by Gasteiger charge is -2.35. The number of rotatable bonds is 3. The van der Waals surface area contributed by atoms with Gasteiger partial charge in [0.05, 0.1) is 18.2 Å². The minimum Gasteiger partial charge on any atom is -0.336 e. The Morgan fingerprint density at radius 2 is 2.00 bits per heavy atom. The van der Waals surface area contributed by atoms with Crippen LogP contribution in [0.3, 0.4) is 0 Å². The van der Waals surface area contributed by atoms with E-state index >= 15 is 0 Å². The van der Waals surface area contributed by atoms with Crippen LogP contribution in [0.25, 0.3) is 11.0 Å². The van der Waals surface area contributed by atoms with Gasteiger partial charge in [-0.2, -0.15) is 15.4 Å². The Morgan fingerprint density at radius 1 is 1.11 bits per heavy atom. The van der Waals surface area contributed by atoms with E-state index in [0.717, 1.165) is 24.1 Å². The quantitative estimate of drug-likeness (QED) is 0.749. The lowest BCUT2D eigenvalue weighted by atomic mass is 9.94. The fourth-order valence-corrected chi connectivity index (χ4v) is 4.24. The van der Waals surface area contributed by atoms with E-state index in [0.29, 0.717) is 30.7 Å². The molecule has 0 radical (unpaired) electrons. The number of fused-ring (bicyclic) bond motifs is 5. The molecule has 3 aliphatic heterocycles. The van der Waals surface area contributed by atoms with Crippen molar-refractivity contribution < 1.29 is 9.59 Å². The molecule has 0 aliphatic carbocycles. The van der Waals surface area contributed by atoms with E-state index in [4.69, 9.17) is 0 Å². The highest BCUT2D eigenvalue weighted by Gasteiger charge is 2.42. The standard InChI is InChI=1S/C20H20N6O2/c27-19(13-5-7-17-18(9-13)23-24-22-17)25-10-14-4-6-16(12-25)26(20(14)28)11-15-3-1-2-8-21-15/h1-3,5,7-9,14,16H,4,6,10-12H2,(H,22,23,24). The maximum atomic E-state index is 13.1. The van der Waals surface area contributed by atoms with Gasteiger partial charge in [-0.15, -0.1) is 0 Å². The van der Waals surface area contributed by atoms with Crippen LogP contribution in [0.1, 0.15) is 28.9 Å². The number of aromatic nitrogens is 4. The summed E-state index contributed by atoms with van der Waals surface area (Å²) in [5, 5.41) is 10.7. The van der Waals surface area contributed by atoms with Crippen molar-refractivity contribution in [1.82, 2.24) is 30.2 Å². The van der Waals surface area contributed by atoms with Crippen LogP contribution in [-0.4, -0.2) is 61.1 Å². The second kappa shape index (κ2) is 6.70. The topological polar surface area (TPSA) is 95.1 Å². The Kier molecular flexibility index (Phi) is 4.03. The van der Waals surface area contributed by atoms with Crippen LogP contribution in [0.15, 0.2) is 42.6 Å². The van der Waals surface area contributed by atoms with E-state index < -0.39 is 0 Å². The molecule has 0 spiro atoms. The Hall–Kier alpha value is -3.29. The third-order valence-electron chi connectivity index (χ3n) is 5.70. The third kappa shape index (κ3) is 2.90. The Labute approximate surface area is 161 Å². The van der Waals surface area contributed by atoms with Crippen molar-refractivity contribution in [2.75, 3.05) is 13.1 Å². The van der Waals surface area contributed by atoms with Crippen LogP contribution in [0, 0.1) is 5.92 Å². The molecular weight excluding hydrogens is 356 g/mol. The van der Waals surface area contributed by atoms with Crippen LogP contribution >= 0.6 is 0 Å². The summed E-state index contributed by atoms with van der Waals surface area (Å²) >= 11 is 0. The van der Waals surface area contributed by atoms with Crippen molar-refractivity contribution in [2.45, 2.75) is 25.4 Å². The number of aromatic amines is 1. The summed E-state index contributed by atoms with van der Waals surface area (Å²) in [6.45, 7) is 1.50. The molecule has 3 saturated heterocycles. The molecule has 8 nitrogen and oxygen atoms in total. The zero-order chi connectivity index (χ0) is 19.1. The number of nitrogens with one attached hydrogen (secondary N) is 1. The normalized spacial score (nSPS) is 21.9. The van der Waals surface area contributed by atoms with Gasteiger partial charge in [0.15, 0.2) is 0 Å². The van der Waals surface area contributed by atoms with Gasteiger partial charge in [0.1, 0.15) is 11.0 Å². The van der Waals surface area contributed by atoms with Gasteiger partial charge in [-0.3, -0.25) is 14.6 Å².